The maximum Gasteiger partial charge on any atom is 0.508 e. The van der Waals surface area contributed by atoms with Crippen molar-refractivity contribution in [3.63, 3.8) is 0 Å². The standard InChI is InChI=1S/C13H26O4/c1-4-12(2)8-6-5-7-9-16-10-11-17-13(14)15-3/h12H,4-11H2,1-3H3. The lowest BCUT2D eigenvalue weighted by molar-refractivity contribution is 0.0367. The van der Waals surface area contributed by atoms with E-state index in [0.29, 0.717) is 6.61 Å². The lowest BCUT2D eigenvalue weighted by atomic mass is 10.0. The molecular weight excluding hydrogens is 220 g/mol. The molecule has 0 saturated carbocycles. The molecular formula is C13H26O4. The minimum absolute atomic E-state index is 0.263. The monoisotopic (exact) mass is 246 g/mol. The Morgan fingerprint density at radius 1 is 1.12 bits per heavy atom. The van der Waals surface area contributed by atoms with E-state index in [2.05, 4.69) is 23.3 Å². The number of carbonyl (C=O) groups excluding carboxylic acids is 1. The summed E-state index contributed by atoms with van der Waals surface area (Å²) in [4.78, 5) is 10.6. The van der Waals surface area contributed by atoms with Gasteiger partial charge in [-0.1, -0.05) is 39.5 Å². The molecule has 0 aliphatic rings. The molecule has 17 heavy (non-hydrogen) atoms. The van der Waals surface area contributed by atoms with Crippen LogP contribution in [0.3, 0.4) is 0 Å². The van der Waals surface area contributed by atoms with Crippen molar-refractivity contribution in [3.05, 3.63) is 0 Å². The summed E-state index contributed by atoms with van der Waals surface area (Å²) in [5, 5.41) is 0. The van der Waals surface area contributed by atoms with Crippen LogP contribution in [0.5, 0.6) is 0 Å². The van der Waals surface area contributed by atoms with Gasteiger partial charge in [0, 0.05) is 6.61 Å². The normalized spacial score (nSPS) is 12.2. The highest BCUT2D eigenvalue weighted by Gasteiger charge is 2.00. The summed E-state index contributed by atoms with van der Waals surface area (Å²) in [6.45, 7) is 5.97. The third-order valence-electron chi connectivity index (χ3n) is 2.80. The Hall–Kier alpha value is -0.770. The Labute approximate surface area is 105 Å². The van der Waals surface area contributed by atoms with Crippen molar-refractivity contribution < 1.29 is 19.0 Å². The maximum atomic E-state index is 10.6. The van der Waals surface area contributed by atoms with Gasteiger partial charge < -0.3 is 14.2 Å². The molecule has 0 N–H and O–H groups in total. The summed E-state index contributed by atoms with van der Waals surface area (Å²) in [5.74, 6) is 0.837. The van der Waals surface area contributed by atoms with E-state index in [1.165, 1.54) is 32.8 Å². The SMILES string of the molecule is CCC(C)CCCCCOCCOC(=O)OC. The van der Waals surface area contributed by atoms with Crippen molar-refractivity contribution in [2.75, 3.05) is 26.9 Å². The molecule has 0 aromatic heterocycles. The summed E-state index contributed by atoms with van der Waals surface area (Å²) in [5.41, 5.74) is 0. The summed E-state index contributed by atoms with van der Waals surface area (Å²) in [6.07, 6.45) is 5.49. The van der Waals surface area contributed by atoms with Crippen LogP contribution in [0.25, 0.3) is 0 Å². The molecule has 0 heterocycles. The summed E-state index contributed by atoms with van der Waals surface area (Å²) in [6, 6.07) is 0. The van der Waals surface area contributed by atoms with Crippen LogP contribution >= 0.6 is 0 Å². The van der Waals surface area contributed by atoms with Gasteiger partial charge in [-0.2, -0.15) is 0 Å². The van der Waals surface area contributed by atoms with E-state index < -0.39 is 6.16 Å². The van der Waals surface area contributed by atoms with Gasteiger partial charge in [0.05, 0.1) is 13.7 Å². The van der Waals surface area contributed by atoms with Crippen LogP contribution in [0.15, 0.2) is 0 Å². The van der Waals surface area contributed by atoms with Crippen molar-refractivity contribution in [1.82, 2.24) is 0 Å². The van der Waals surface area contributed by atoms with Crippen LogP contribution in [-0.2, 0) is 14.2 Å². The molecule has 0 fully saturated rings. The van der Waals surface area contributed by atoms with Gasteiger partial charge in [-0.05, 0) is 12.3 Å². The zero-order chi connectivity index (χ0) is 12.9. The van der Waals surface area contributed by atoms with Gasteiger partial charge in [-0.25, -0.2) is 4.79 Å². The number of unbranched alkanes of at least 4 members (excludes halogenated alkanes) is 2. The van der Waals surface area contributed by atoms with E-state index in [0.717, 1.165) is 18.9 Å². The largest absolute Gasteiger partial charge is 0.508 e. The molecule has 0 rings (SSSR count). The predicted octanol–water partition coefficient (Wildman–Crippen LogP) is 3.39. The van der Waals surface area contributed by atoms with Gasteiger partial charge >= 0.3 is 6.16 Å². The molecule has 102 valence electrons. The van der Waals surface area contributed by atoms with E-state index >= 15 is 0 Å². The fraction of sp³-hybridized carbons (Fsp3) is 0.923. The summed E-state index contributed by atoms with van der Waals surface area (Å²) >= 11 is 0. The zero-order valence-corrected chi connectivity index (χ0v) is 11.4. The minimum Gasteiger partial charge on any atom is -0.438 e. The van der Waals surface area contributed by atoms with Crippen molar-refractivity contribution in [1.29, 1.82) is 0 Å². The fourth-order valence-corrected chi connectivity index (χ4v) is 1.42. The van der Waals surface area contributed by atoms with Crippen LogP contribution in [0, 0.1) is 5.92 Å². The van der Waals surface area contributed by atoms with Gasteiger partial charge in [0.15, 0.2) is 0 Å². The van der Waals surface area contributed by atoms with Crippen LogP contribution in [0.2, 0.25) is 0 Å². The molecule has 0 saturated heterocycles. The Balaban J connectivity index is 3.06. The second kappa shape index (κ2) is 11.7. The summed E-state index contributed by atoms with van der Waals surface area (Å²) in [7, 11) is 1.29. The lowest BCUT2D eigenvalue weighted by Crippen LogP contribution is -2.10. The molecule has 0 bridgehead atoms. The molecule has 0 spiro atoms. The minimum atomic E-state index is -0.651. The fourth-order valence-electron chi connectivity index (χ4n) is 1.42. The number of hydrogen-bond acceptors (Lipinski definition) is 4. The van der Waals surface area contributed by atoms with Crippen LogP contribution in [-0.4, -0.2) is 33.1 Å². The van der Waals surface area contributed by atoms with E-state index in [9.17, 15) is 4.79 Å². The Kier molecular flexibility index (Phi) is 11.2. The molecule has 4 heteroatoms. The van der Waals surface area contributed by atoms with Crippen LogP contribution < -0.4 is 0 Å². The van der Waals surface area contributed by atoms with Crippen molar-refractivity contribution >= 4 is 6.16 Å². The second-order valence-electron chi connectivity index (χ2n) is 4.28. The molecule has 1 atom stereocenters. The Morgan fingerprint density at radius 3 is 2.53 bits per heavy atom. The van der Waals surface area contributed by atoms with E-state index in [4.69, 9.17) is 4.74 Å². The van der Waals surface area contributed by atoms with Crippen LogP contribution in [0.4, 0.5) is 4.79 Å². The smallest absolute Gasteiger partial charge is 0.438 e. The van der Waals surface area contributed by atoms with E-state index in [-0.39, 0.29) is 6.61 Å². The predicted molar refractivity (Wildman–Crippen MR) is 67.1 cm³/mol. The average Bonchev–Trinajstić information content (AvgIpc) is 2.35. The molecule has 0 amide bonds. The van der Waals surface area contributed by atoms with Crippen molar-refractivity contribution in [2.24, 2.45) is 5.92 Å². The van der Waals surface area contributed by atoms with Crippen molar-refractivity contribution in [2.45, 2.75) is 46.0 Å². The Bertz CT molecular complexity index is 182. The van der Waals surface area contributed by atoms with Gasteiger partial charge in [0.1, 0.15) is 6.61 Å². The highest BCUT2D eigenvalue weighted by atomic mass is 16.7. The Morgan fingerprint density at radius 2 is 1.88 bits per heavy atom. The third kappa shape index (κ3) is 11.5. The number of ether oxygens (including phenoxy) is 3. The van der Waals surface area contributed by atoms with Gasteiger partial charge in [0.25, 0.3) is 0 Å². The number of hydrogen-bond donors (Lipinski definition) is 0. The third-order valence-corrected chi connectivity index (χ3v) is 2.80. The molecule has 0 aromatic rings. The molecule has 4 nitrogen and oxygen atoms in total. The topological polar surface area (TPSA) is 44.8 Å². The number of methoxy groups -OCH3 is 1. The molecule has 0 aliphatic carbocycles. The first-order valence-electron chi connectivity index (χ1n) is 6.49. The number of rotatable bonds is 10. The quantitative estimate of drug-likeness (QED) is 0.438. The molecule has 1 unspecified atom stereocenters. The molecule has 0 aliphatic heterocycles. The van der Waals surface area contributed by atoms with Crippen LogP contribution in [0.1, 0.15) is 46.0 Å². The van der Waals surface area contributed by atoms with E-state index in [1.807, 2.05) is 0 Å². The lowest BCUT2D eigenvalue weighted by Gasteiger charge is -2.08. The maximum absolute atomic E-state index is 10.6. The first-order valence-corrected chi connectivity index (χ1v) is 6.49. The van der Waals surface area contributed by atoms with Gasteiger partial charge in [0.2, 0.25) is 0 Å². The van der Waals surface area contributed by atoms with Gasteiger partial charge in [-0.15, -0.1) is 0 Å². The zero-order valence-electron chi connectivity index (χ0n) is 11.4. The first-order chi connectivity index (χ1) is 8.20. The highest BCUT2D eigenvalue weighted by Crippen LogP contribution is 2.11. The molecule has 0 radical (unpaired) electrons. The van der Waals surface area contributed by atoms with E-state index in [1.54, 1.807) is 0 Å². The van der Waals surface area contributed by atoms with Gasteiger partial charge in [-0.3, -0.25) is 0 Å². The highest BCUT2D eigenvalue weighted by molar-refractivity contribution is 5.59. The summed E-state index contributed by atoms with van der Waals surface area (Å²) < 4.78 is 14.3. The number of carbonyl (C=O) groups is 1. The van der Waals surface area contributed by atoms with Crippen molar-refractivity contribution in [3.8, 4) is 0 Å². The first kappa shape index (κ1) is 16.2. The average molecular weight is 246 g/mol. The second-order valence-corrected chi connectivity index (χ2v) is 4.28. The molecule has 0 aromatic carbocycles.